The second-order valence-electron chi connectivity index (χ2n) is 8.56. The van der Waals surface area contributed by atoms with Crippen molar-refractivity contribution in [3.8, 4) is 5.75 Å². The lowest BCUT2D eigenvalue weighted by molar-refractivity contribution is 0.0172. The largest absolute Gasteiger partial charge is 0.496 e. The maximum absolute atomic E-state index is 13.1. The molecule has 1 fully saturated rings. The maximum atomic E-state index is 13.1. The molecule has 0 aliphatic carbocycles. The van der Waals surface area contributed by atoms with Gasteiger partial charge in [0, 0.05) is 45.0 Å². The van der Waals surface area contributed by atoms with Crippen LogP contribution in [0.4, 0.5) is 5.69 Å². The van der Waals surface area contributed by atoms with Crippen molar-refractivity contribution < 1.29 is 17.9 Å². The summed E-state index contributed by atoms with van der Waals surface area (Å²) in [5.41, 5.74) is 4.55. The summed E-state index contributed by atoms with van der Waals surface area (Å²) in [6, 6.07) is 11.5. The normalized spacial score (nSPS) is 18.3. The lowest BCUT2D eigenvalue weighted by Gasteiger charge is -2.36. The van der Waals surface area contributed by atoms with E-state index in [1.165, 1.54) is 11.3 Å². The van der Waals surface area contributed by atoms with Crippen molar-refractivity contribution in [1.29, 1.82) is 0 Å². The highest BCUT2D eigenvalue weighted by molar-refractivity contribution is 7.89. The maximum Gasteiger partial charge on any atom is 0.240 e. The Bertz CT molecular complexity index is 1050. The predicted octanol–water partition coefficient (Wildman–Crippen LogP) is 2.74. The monoisotopic (exact) mass is 459 g/mol. The zero-order valence-corrected chi connectivity index (χ0v) is 20.0. The number of fused-ring (bicyclic) bond motifs is 1. The Hall–Kier alpha value is -2.13. The molecule has 7 nitrogen and oxygen atoms in total. The number of hydrogen-bond acceptors (Lipinski definition) is 6. The molecular weight excluding hydrogens is 426 g/mol. The molecule has 2 aromatic rings. The summed E-state index contributed by atoms with van der Waals surface area (Å²) < 4.78 is 39.8. The van der Waals surface area contributed by atoms with Crippen LogP contribution in [0, 0.1) is 6.92 Å². The first-order chi connectivity index (χ1) is 15.4. The summed E-state index contributed by atoms with van der Waals surface area (Å²) in [6.07, 6.45) is 2.19. The molecule has 1 atom stereocenters. The Morgan fingerprint density at radius 1 is 1.12 bits per heavy atom. The highest BCUT2D eigenvalue weighted by Crippen LogP contribution is 2.31. The molecule has 2 aliphatic heterocycles. The van der Waals surface area contributed by atoms with Crippen molar-refractivity contribution in [1.82, 2.24) is 9.62 Å². The summed E-state index contributed by atoms with van der Waals surface area (Å²) in [5, 5.41) is 0. The number of sulfonamides is 1. The number of rotatable bonds is 7. The van der Waals surface area contributed by atoms with Crippen LogP contribution in [0.3, 0.4) is 0 Å². The number of anilines is 1. The zero-order chi connectivity index (χ0) is 22.7. The molecule has 1 unspecified atom stereocenters. The number of benzene rings is 2. The van der Waals surface area contributed by atoms with Crippen LogP contribution in [0.25, 0.3) is 0 Å². The van der Waals surface area contributed by atoms with Crippen molar-refractivity contribution in [2.45, 2.75) is 30.7 Å². The molecule has 2 aliphatic rings. The van der Waals surface area contributed by atoms with Gasteiger partial charge in [0.25, 0.3) is 0 Å². The van der Waals surface area contributed by atoms with E-state index in [1.807, 2.05) is 6.92 Å². The van der Waals surface area contributed by atoms with Gasteiger partial charge in [0.15, 0.2) is 0 Å². The molecule has 2 aromatic carbocycles. The Kier molecular flexibility index (Phi) is 7.05. The predicted molar refractivity (Wildman–Crippen MR) is 126 cm³/mol. The van der Waals surface area contributed by atoms with E-state index in [4.69, 9.17) is 9.47 Å². The summed E-state index contributed by atoms with van der Waals surface area (Å²) in [7, 11) is 0.0612. The topological polar surface area (TPSA) is 71.1 Å². The average molecular weight is 460 g/mol. The van der Waals surface area contributed by atoms with E-state index in [0.29, 0.717) is 25.5 Å². The summed E-state index contributed by atoms with van der Waals surface area (Å²) in [5.74, 6) is 0.675. The van der Waals surface area contributed by atoms with Gasteiger partial charge in [-0.2, -0.15) is 0 Å². The van der Waals surface area contributed by atoms with Gasteiger partial charge >= 0.3 is 0 Å². The third-order valence-electron chi connectivity index (χ3n) is 6.47. The highest BCUT2D eigenvalue weighted by atomic mass is 32.2. The SMILES string of the molecule is COc1ccc(S(=O)(=O)NCC(c2ccc3c(c2)CCCN3C)N2CCOCC2)cc1C. The lowest BCUT2D eigenvalue weighted by Crippen LogP contribution is -2.43. The van der Waals surface area contributed by atoms with Crippen LogP contribution in [-0.4, -0.2) is 66.9 Å². The minimum absolute atomic E-state index is 0.0504. The van der Waals surface area contributed by atoms with Crippen LogP contribution in [0.2, 0.25) is 0 Å². The number of ether oxygens (including phenoxy) is 2. The van der Waals surface area contributed by atoms with E-state index in [1.54, 1.807) is 25.3 Å². The number of aryl methyl sites for hydroxylation is 2. The molecule has 1 saturated heterocycles. The fraction of sp³-hybridized carbons (Fsp3) is 0.500. The fourth-order valence-electron chi connectivity index (χ4n) is 4.65. The molecule has 4 rings (SSSR count). The van der Waals surface area contributed by atoms with Gasteiger partial charge < -0.3 is 14.4 Å². The molecular formula is C24H33N3O4S. The molecule has 0 amide bonds. The van der Waals surface area contributed by atoms with Crippen LogP contribution in [0.1, 0.15) is 29.2 Å². The van der Waals surface area contributed by atoms with E-state index in [9.17, 15) is 8.42 Å². The van der Waals surface area contributed by atoms with E-state index >= 15 is 0 Å². The van der Waals surface area contributed by atoms with Crippen LogP contribution < -0.4 is 14.4 Å². The molecule has 0 bridgehead atoms. The second-order valence-corrected chi connectivity index (χ2v) is 10.3. The molecule has 32 heavy (non-hydrogen) atoms. The summed E-state index contributed by atoms with van der Waals surface area (Å²) in [6.45, 7) is 6.11. The number of nitrogens with one attached hydrogen (secondary N) is 1. The third-order valence-corrected chi connectivity index (χ3v) is 7.89. The summed E-state index contributed by atoms with van der Waals surface area (Å²) >= 11 is 0. The molecule has 174 valence electrons. The molecule has 2 heterocycles. The van der Waals surface area contributed by atoms with E-state index in [0.717, 1.165) is 43.6 Å². The smallest absolute Gasteiger partial charge is 0.240 e. The van der Waals surface area contributed by atoms with Gasteiger partial charge in [-0.1, -0.05) is 12.1 Å². The minimum atomic E-state index is -3.65. The van der Waals surface area contributed by atoms with E-state index in [-0.39, 0.29) is 10.9 Å². The Balaban J connectivity index is 1.58. The Morgan fingerprint density at radius 2 is 1.91 bits per heavy atom. The molecule has 1 N–H and O–H groups in total. The van der Waals surface area contributed by atoms with E-state index < -0.39 is 10.0 Å². The standard InChI is InChI=1S/C24H33N3O4S/c1-18-15-21(7-9-24(18)30-3)32(28,29)25-17-23(27-11-13-31-14-12-27)20-6-8-22-19(16-20)5-4-10-26(22)2/h6-9,15-16,23,25H,4-5,10-14,17H2,1-3H3. The van der Waals surface area contributed by atoms with Gasteiger partial charge in [0.1, 0.15) is 5.75 Å². The van der Waals surface area contributed by atoms with Gasteiger partial charge in [0.05, 0.1) is 25.2 Å². The number of hydrogen-bond donors (Lipinski definition) is 1. The van der Waals surface area contributed by atoms with Crippen molar-refractivity contribution >= 4 is 15.7 Å². The number of morpholine rings is 1. The zero-order valence-electron chi connectivity index (χ0n) is 19.1. The van der Waals surface area contributed by atoms with Gasteiger partial charge in [0.2, 0.25) is 10.0 Å². The molecule has 8 heteroatoms. The van der Waals surface area contributed by atoms with Gasteiger partial charge in [-0.25, -0.2) is 13.1 Å². The molecule has 0 aromatic heterocycles. The fourth-order valence-corrected chi connectivity index (χ4v) is 5.77. The van der Waals surface area contributed by atoms with Gasteiger partial charge in [-0.3, -0.25) is 4.90 Å². The van der Waals surface area contributed by atoms with Crippen LogP contribution in [-0.2, 0) is 21.2 Å². The van der Waals surface area contributed by atoms with Crippen LogP contribution in [0.5, 0.6) is 5.75 Å². The Morgan fingerprint density at radius 3 is 2.62 bits per heavy atom. The van der Waals surface area contributed by atoms with Crippen LogP contribution >= 0.6 is 0 Å². The molecule has 0 saturated carbocycles. The molecule has 0 spiro atoms. The Labute approximate surface area is 191 Å². The van der Waals surface area contributed by atoms with E-state index in [2.05, 4.69) is 39.8 Å². The number of methoxy groups -OCH3 is 1. The minimum Gasteiger partial charge on any atom is -0.496 e. The first kappa shape index (κ1) is 23.0. The second kappa shape index (κ2) is 9.79. The average Bonchev–Trinajstić information content (AvgIpc) is 2.80. The highest BCUT2D eigenvalue weighted by Gasteiger charge is 2.26. The van der Waals surface area contributed by atoms with Crippen molar-refractivity contribution in [2.24, 2.45) is 0 Å². The third kappa shape index (κ3) is 4.93. The first-order valence-corrected chi connectivity index (χ1v) is 12.7. The summed E-state index contributed by atoms with van der Waals surface area (Å²) in [4.78, 5) is 4.87. The number of nitrogens with zero attached hydrogens (tertiary/aromatic N) is 2. The van der Waals surface area contributed by atoms with Gasteiger partial charge in [-0.05, 0) is 60.7 Å². The van der Waals surface area contributed by atoms with Gasteiger partial charge in [-0.15, -0.1) is 0 Å². The van der Waals surface area contributed by atoms with Crippen molar-refractivity contribution in [3.05, 3.63) is 53.1 Å². The van der Waals surface area contributed by atoms with Crippen molar-refractivity contribution in [3.63, 3.8) is 0 Å². The molecule has 0 radical (unpaired) electrons. The van der Waals surface area contributed by atoms with Crippen molar-refractivity contribution in [2.75, 3.05) is 58.5 Å². The first-order valence-electron chi connectivity index (χ1n) is 11.2. The van der Waals surface area contributed by atoms with Crippen LogP contribution in [0.15, 0.2) is 41.3 Å². The quantitative estimate of drug-likeness (QED) is 0.687. The lowest BCUT2D eigenvalue weighted by atomic mass is 9.96.